The van der Waals surface area contributed by atoms with Gasteiger partial charge in [-0.25, -0.2) is 9.59 Å². The van der Waals surface area contributed by atoms with E-state index in [0.717, 1.165) is 22.3 Å². The van der Waals surface area contributed by atoms with Crippen LogP contribution in [0.2, 0.25) is 0 Å². The average molecular weight is 467 g/mol. The Kier molecular flexibility index (Phi) is 6.88. The van der Waals surface area contributed by atoms with Crippen LogP contribution in [-0.4, -0.2) is 54.0 Å². The molecule has 2 aromatic carbocycles. The number of carboxylic acid groups (broad SMARTS) is 1. The first-order valence-corrected chi connectivity index (χ1v) is 11.6. The molecule has 1 aliphatic heterocycles. The lowest BCUT2D eigenvalue weighted by molar-refractivity contribution is -0.148. The molecule has 2 aromatic rings. The van der Waals surface area contributed by atoms with E-state index < -0.39 is 35.7 Å². The molecule has 0 saturated carbocycles. The summed E-state index contributed by atoms with van der Waals surface area (Å²) < 4.78 is 10.8. The Morgan fingerprint density at radius 3 is 2.29 bits per heavy atom. The first kappa shape index (κ1) is 23.8. The van der Waals surface area contributed by atoms with Crippen LogP contribution in [0.1, 0.15) is 50.2 Å². The number of carbonyl (C=O) groups excluding carboxylic acids is 2. The van der Waals surface area contributed by atoms with Gasteiger partial charge in [0.1, 0.15) is 12.1 Å². The zero-order valence-corrected chi connectivity index (χ0v) is 19.4. The highest BCUT2D eigenvalue weighted by Crippen LogP contribution is 2.44. The van der Waals surface area contributed by atoms with Crippen molar-refractivity contribution in [1.82, 2.24) is 10.6 Å². The van der Waals surface area contributed by atoms with Gasteiger partial charge in [0.15, 0.2) is 6.10 Å². The fourth-order valence-corrected chi connectivity index (χ4v) is 4.90. The van der Waals surface area contributed by atoms with E-state index in [-0.39, 0.29) is 19.1 Å². The van der Waals surface area contributed by atoms with Gasteiger partial charge < -0.3 is 25.2 Å². The number of rotatable bonds is 8. The first-order chi connectivity index (χ1) is 16.3. The smallest absolute Gasteiger partial charge is 0.408 e. The van der Waals surface area contributed by atoms with E-state index >= 15 is 0 Å². The van der Waals surface area contributed by atoms with E-state index in [0.29, 0.717) is 19.3 Å². The molecule has 0 bridgehead atoms. The summed E-state index contributed by atoms with van der Waals surface area (Å²) in [5, 5.41) is 14.8. The Bertz CT molecular complexity index is 1040. The second-order valence-corrected chi connectivity index (χ2v) is 9.03. The van der Waals surface area contributed by atoms with Crippen LogP contribution in [-0.2, 0) is 19.1 Å². The Morgan fingerprint density at radius 1 is 1.09 bits per heavy atom. The SMILES string of the molecule is CCCC(C)(NC(=O)OCC1c2ccccc2-c2ccccc21)C(=O)N[C@@H]1CCO[C@@H]1C(=O)O. The van der Waals surface area contributed by atoms with E-state index in [1.54, 1.807) is 6.92 Å². The van der Waals surface area contributed by atoms with Gasteiger partial charge in [-0.1, -0.05) is 61.9 Å². The topological polar surface area (TPSA) is 114 Å². The zero-order valence-electron chi connectivity index (χ0n) is 19.4. The first-order valence-electron chi connectivity index (χ1n) is 11.6. The number of nitrogens with one attached hydrogen (secondary N) is 2. The fraction of sp³-hybridized carbons (Fsp3) is 0.423. The lowest BCUT2D eigenvalue weighted by Gasteiger charge is -2.31. The summed E-state index contributed by atoms with van der Waals surface area (Å²) in [5.41, 5.74) is 3.23. The third kappa shape index (κ3) is 4.63. The minimum Gasteiger partial charge on any atom is -0.479 e. The molecule has 180 valence electrons. The number of carbonyl (C=O) groups is 3. The highest BCUT2D eigenvalue weighted by molar-refractivity contribution is 5.90. The van der Waals surface area contributed by atoms with Crippen molar-refractivity contribution in [2.75, 3.05) is 13.2 Å². The van der Waals surface area contributed by atoms with Crippen LogP contribution in [0.4, 0.5) is 4.79 Å². The van der Waals surface area contributed by atoms with Gasteiger partial charge in [-0.05, 0) is 42.0 Å². The number of benzene rings is 2. The van der Waals surface area contributed by atoms with Crippen LogP contribution in [0.15, 0.2) is 48.5 Å². The molecule has 3 N–H and O–H groups in total. The summed E-state index contributed by atoms with van der Waals surface area (Å²) in [4.78, 5) is 37.2. The van der Waals surface area contributed by atoms with Crippen molar-refractivity contribution in [1.29, 1.82) is 0 Å². The molecule has 1 aliphatic carbocycles. The van der Waals surface area contributed by atoms with Gasteiger partial charge in [-0.15, -0.1) is 0 Å². The van der Waals surface area contributed by atoms with Crippen molar-refractivity contribution >= 4 is 18.0 Å². The summed E-state index contributed by atoms with van der Waals surface area (Å²) in [6.45, 7) is 3.93. The Labute approximate surface area is 198 Å². The van der Waals surface area contributed by atoms with E-state index in [1.807, 2.05) is 43.3 Å². The molecule has 1 fully saturated rings. The maximum absolute atomic E-state index is 13.1. The van der Waals surface area contributed by atoms with E-state index in [9.17, 15) is 19.5 Å². The number of alkyl carbamates (subject to hydrolysis) is 1. The van der Waals surface area contributed by atoms with Crippen LogP contribution in [0.5, 0.6) is 0 Å². The van der Waals surface area contributed by atoms with Gasteiger partial charge in [0, 0.05) is 12.5 Å². The normalized spacial score (nSPS) is 20.6. The molecule has 2 aliphatic rings. The molecule has 4 rings (SSSR count). The zero-order chi connectivity index (χ0) is 24.3. The maximum atomic E-state index is 13.1. The predicted octanol–water partition coefficient (Wildman–Crippen LogP) is 3.44. The highest BCUT2D eigenvalue weighted by Gasteiger charge is 2.41. The molecule has 1 heterocycles. The molecule has 0 spiro atoms. The molecule has 1 unspecified atom stereocenters. The summed E-state index contributed by atoms with van der Waals surface area (Å²) in [6.07, 6.45) is -0.379. The molecule has 2 amide bonds. The third-order valence-corrected chi connectivity index (χ3v) is 6.62. The monoisotopic (exact) mass is 466 g/mol. The number of aliphatic carboxylic acids is 1. The molecule has 8 heteroatoms. The number of hydrogen-bond donors (Lipinski definition) is 3. The number of hydrogen-bond acceptors (Lipinski definition) is 5. The number of amides is 2. The molecule has 34 heavy (non-hydrogen) atoms. The van der Waals surface area contributed by atoms with Gasteiger partial charge in [0.25, 0.3) is 0 Å². The maximum Gasteiger partial charge on any atom is 0.408 e. The van der Waals surface area contributed by atoms with Gasteiger partial charge in [0.2, 0.25) is 5.91 Å². The van der Waals surface area contributed by atoms with Gasteiger partial charge in [0.05, 0.1) is 6.04 Å². The Morgan fingerprint density at radius 2 is 1.71 bits per heavy atom. The molecule has 0 radical (unpaired) electrons. The molecule has 8 nitrogen and oxygen atoms in total. The number of carboxylic acids is 1. The van der Waals surface area contributed by atoms with Gasteiger partial charge in [-0.2, -0.15) is 0 Å². The molecule has 3 atom stereocenters. The van der Waals surface area contributed by atoms with Crippen LogP contribution >= 0.6 is 0 Å². The summed E-state index contributed by atoms with van der Waals surface area (Å²) in [5.74, 6) is -1.66. The quantitative estimate of drug-likeness (QED) is 0.549. The van der Waals surface area contributed by atoms with Crippen LogP contribution in [0.25, 0.3) is 11.1 Å². The minimum absolute atomic E-state index is 0.0867. The third-order valence-electron chi connectivity index (χ3n) is 6.62. The highest BCUT2D eigenvalue weighted by atomic mass is 16.5. The predicted molar refractivity (Wildman–Crippen MR) is 125 cm³/mol. The lowest BCUT2D eigenvalue weighted by Crippen LogP contribution is -2.60. The Balaban J connectivity index is 1.42. The van der Waals surface area contributed by atoms with Crippen molar-refractivity contribution in [2.45, 2.75) is 56.7 Å². The van der Waals surface area contributed by atoms with Crippen molar-refractivity contribution < 1.29 is 29.0 Å². The van der Waals surface area contributed by atoms with Gasteiger partial charge in [-0.3, -0.25) is 4.79 Å². The van der Waals surface area contributed by atoms with E-state index in [2.05, 4.69) is 22.8 Å². The standard InChI is InChI=1S/C26H30N2O6/c1-3-13-26(2,24(31)27-21-12-14-33-22(21)23(29)30)28-25(32)34-15-20-18-10-6-4-8-16(18)17-9-5-7-11-19(17)20/h4-11,20-22H,3,12-15H2,1-2H3,(H,27,31)(H,28,32)(H,29,30)/t21-,22+,26?/m1/s1. The lowest BCUT2D eigenvalue weighted by atomic mass is 9.94. The van der Waals surface area contributed by atoms with Crippen molar-refractivity contribution in [2.24, 2.45) is 0 Å². The minimum atomic E-state index is -1.25. The molecule has 1 saturated heterocycles. The van der Waals surface area contributed by atoms with Crippen LogP contribution in [0.3, 0.4) is 0 Å². The largest absolute Gasteiger partial charge is 0.479 e. The average Bonchev–Trinajstić information content (AvgIpc) is 3.40. The van der Waals surface area contributed by atoms with Crippen molar-refractivity contribution in [3.63, 3.8) is 0 Å². The second kappa shape index (κ2) is 9.85. The van der Waals surface area contributed by atoms with E-state index in [4.69, 9.17) is 9.47 Å². The number of fused-ring (bicyclic) bond motifs is 3. The molecule has 0 aromatic heterocycles. The van der Waals surface area contributed by atoms with Crippen LogP contribution in [0, 0.1) is 0 Å². The Hall–Kier alpha value is -3.39. The van der Waals surface area contributed by atoms with Crippen LogP contribution < -0.4 is 10.6 Å². The van der Waals surface area contributed by atoms with Gasteiger partial charge >= 0.3 is 12.1 Å². The van der Waals surface area contributed by atoms with Crippen molar-refractivity contribution in [3.05, 3.63) is 59.7 Å². The summed E-state index contributed by atoms with van der Waals surface area (Å²) >= 11 is 0. The summed E-state index contributed by atoms with van der Waals surface area (Å²) in [7, 11) is 0. The molecular formula is C26H30N2O6. The second-order valence-electron chi connectivity index (χ2n) is 9.03. The van der Waals surface area contributed by atoms with E-state index in [1.165, 1.54) is 0 Å². The molecular weight excluding hydrogens is 436 g/mol. The number of ether oxygens (including phenoxy) is 2. The van der Waals surface area contributed by atoms with Crippen molar-refractivity contribution in [3.8, 4) is 11.1 Å². The fourth-order valence-electron chi connectivity index (χ4n) is 4.90. The summed E-state index contributed by atoms with van der Waals surface area (Å²) in [6, 6.07) is 15.5.